The van der Waals surface area contributed by atoms with Crippen LogP contribution in [0.15, 0.2) is 36.5 Å². The Morgan fingerprint density at radius 2 is 2.24 bits per heavy atom. The summed E-state index contributed by atoms with van der Waals surface area (Å²) in [6, 6.07) is 8.37. The van der Waals surface area contributed by atoms with E-state index in [0.717, 1.165) is 19.5 Å². The predicted molar refractivity (Wildman–Crippen MR) is 84.0 cm³/mol. The first-order valence-corrected chi connectivity index (χ1v) is 7.34. The number of benzene rings is 1. The fraction of sp³-hybridized carbons (Fsp3) is 0.353. The van der Waals surface area contributed by atoms with Gasteiger partial charge in [0.25, 0.3) is 0 Å². The molecule has 4 heteroatoms. The van der Waals surface area contributed by atoms with Crippen LogP contribution < -0.4 is 5.32 Å². The second kappa shape index (κ2) is 6.14. The Labute approximate surface area is 124 Å². The minimum atomic E-state index is -0.171. The van der Waals surface area contributed by atoms with Crippen molar-refractivity contribution in [2.24, 2.45) is 0 Å². The van der Waals surface area contributed by atoms with Crippen molar-refractivity contribution in [2.45, 2.75) is 19.4 Å². The highest BCUT2D eigenvalue weighted by Crippen LogP contribution is 2.30. The standard InChI is InChI=1S/C17H20N2O2/c1-21-17(20)8-11-19-12-15(13-6-9-18-10-7-13)14-4-2-3-5-16(14)19/h2-6,12,18H,7-11H2,1H3. The number of fused-ring (bicyclic) bond motifs is 1. The van der Waals surface area contributed by atoms with E-state index in [9.17, 15) is 4.79 Å². The SMILES string of the molecule is COC(=O)CCn1cc(C2=CCNCC2)c2ccccc21. The first-order valence-electron chi connectivity index (χ1n) is 7.34. The Bertz CT molecular complexity index is 685. The third-order valence-electron chi connectivity index (χ3n) is 3.98. The van der Waals surface area contributed by atoms with Crippen molar-refractivity contribution >= 4 is 22.4 Å². The molecular weight excluding hydrogens is 264 g/mol. The molecule has 1 aromatic carbocycles. The summed E-state index contributed by atoms with van der Waals surface area (Å²) in [5.74, 6) is -0.171. The number of para-hydroxylation sites is 1. The van der Waals surface area contributed by atoms with Crippen LogP contribution in [-0.4, -0.2) is 30.7 Å². The Kier molecular flexibility index (Phi) is 4.06. The van der Waals surface area contributed by atoms with Crippen LogP contribution in [0.4, 0.5) is 0 Å². The van der Waals surface area contributed by atoms with Gasteiger partial charge in [0.05, 0.1) is 13.5 Å². The van der Waals surface area contributed by atoms with Crippen molar-refractivity contribution < 1.29 is 9.53 Å². The van der Waals surface area contributed by atoms with Gasteiger partial charge in [-0.15, -0.1) is 0 Å². The fourth-order valence-corrected chi connectivity index (χ4v) is 2.87. The highest BCUT2D eigenvalue weighted by Gasteiger charge is 2.14. The summed E-state index contributed by atoms with van der Waals surface area (Å²) in [6.07, 6.45) is 5.88. The summed E-state index contributed by atoms with van der Waals surface area (Å²) in [5, 5.41) is 4.60. The molecule has 1 aliphatic heterocycles. The van der Waals surface area contributed by atoms with Gasteiger partial charge in [0.2, 0.25) is 0 Å². The zero-order chi connectivity index (χ0) is 14.7. The number of hydrogen-bond acceptors (Lipinski definition) is 3. The molecule has 0 atom stereocenters. The lowest BCUT2D eigenvalue weighted by Crippen LogP contribution is -2.19. The average Bonchev–Trinajstić information content (AvgIpc) is 2.92. The highest BCUT2D eigenvalue weighted by molar-refractivity contribution is 5.93. The van der Waals surface area contributed by atoms with Gasteiger partial charge >= 0.3 is 5.97 Å². The first kappa shape index (κ1) is 13.9. The molecular formula is C17H20N2O2. The number of ether oxygens (including phenoxy) is 1. The molecule has 4 nitrogen and oxygen atoms in total. The van der Waals surface area contributed by atoms with Gasteiger partial charge in [0, 0.05) is 35.8 Å². The second-order valence-electron chi connectivity index (χ2n) is 5.26. The minimum Gasteiger partial charge on any atom is -0.469 e. The van der Waals surface area contributed by atoms with Crippen LogP contribution in [0, 0.1) is 0 Å². The zero-order valence-corrected chi connectivity index (χ0v) is 12.3. The van der Waals surface area contributed by atoms with Gasteiger partial charge in [0.15, 0.2) is 0 Å². The Morgan fingerprint density at radius 3 is 3.00 bits per heavy atom. The Morgan fingerprint density at radius 1 is 1.38 bits per heavy atom. The number of aryl methyl sites for hydroxylation is 1. The maximum Gasteiger partial charge on any atom is 0.307 e. The Hall–Kier alpha value is -2.07. The van der Waals surface area contributed by atoms with Gasteiger partial charge in [-0.1, -0.05) is 24.3 Å². The summed E-state index contributed by atoms with van der Waals surface area (Å²) in [5.41, 5.74) is 3.86. The number of esters is 1. The number of methoxy groups -OCH3 is 1. The molecule has 0 unspecified atom stereocenters. The van der Waals surface area contributed by atoms with Gasteiger partial charge in [-0.2, -0.15) is 0 Å². The van der Waals surface area contributed by atoms with Crippen molar-refractivity contribution in [1.82, 2.24) is 9.88 Å². The smallest absolute Gasteiger partial charge is 0.307 e. The van der Waals surface area contributed by atoms with Gasteiger partial charge in [-0.25, -0.2) is 0 Å². The fourth-order valence-electron chi connectivity index (χ4n) is 2.87. The Balaban J connectivity index is 1.97. The average molecular weight is 284 g/mol. The van der Waals surface area contributed by atoms with E-state index in [0.29, 0.717) is 13.0 Å². The molecule has 110 valence electrons. The van der Waals surface area contributed by atoms with Crippen molar-refractivity contribution in [3.05, 3.63) is 42.1 Å². The number of carbonyl (C=O) groups excluding carboxylic acids is 1. The van der Waals surface area contributed by atoms with Crippen molar-refractivity contribution in [1.29, 1.82) is 0 Å². The lowest BCUT2D eigenvalue weighted by atomic mass is 10.00. The van der Waals surface area contributed by atoms with Crippen LogP contribution in [0.3, 0.4) is 0 Å². The highest BCUT2D eigenvalue weighted by atomic mass is 16.5. The van der Waals surface area contributed by atoms with Crippen molar-refractivity contribution in [2.75, 3.05) is 20.2 Å². The molecule has 3 rings (SSSR count). The van der Waals surface area contributed by atoms with Gasteiger partial charge in [-0.3, -0.25) is 4.79 Å². The maximum atomic E-state index is 11.4. The van der Waals surface area contributed by atoms with E-state index in [-0.39, 0.29) is 5.97 Å². The van der Waals surface area contributed by atoms with Crippen molar-refractivity contribution in [3.63, 3.8) is 0 Å². The zero-order valence-electron chi connectivity index (χ0n) is 12.3. The molecule has 1 aliphatic rings. The molecule has 0 aliphatic carbocycles. The van der Waals surface area contributed by atoms with Gasteiger partial charge < -0.3 is 14.6 Å². The quantitative estimate of drug-likeness (QED) is 0.878. The number of rotatable bonds is 4. The summed E-state index contributed by atoms with van der Waals surface area (Å²) in [4.78, 5) is 11.4. The maximum absolute atomic E-state index is 11.4. The molecule has 0 saturated heterocycles. The number of aromatic nitrogens is 1. The molecule has 1 aromatic heterocycles. The number of hydrogen-bond donors (Lipinski definition) is 1. The molecule has 2 aromatic rings. The third-order valence-corrected chi connectivity index (χ3v) is 3.98. The van der Waals surface area contributed by atoms with Gasteiger partial charge in [0.1, 0.15) is 0 Å². The van der Waals surface area contributed by atoms with E-state index < -0.39 is 0 Å². The van der Waals surface area contributed by atoms with Crippen LogP contribution in [0.1, 0.15) is 18.4 Å². The predicted octanol–water partition coefficient (Wildman–Crippen LogP) is 2.58. The van der Waals surface area contributed by atoms with Crippen LogP contribution in [-0.2, 0) is 16.1 Å². The lowest BCUT2D eigenvalue weighted by Gasteiger charge is -2.13. The topological polar surface area (TPSA) is 43.3 Å². The number of nitrogens with zero attached hydrogens (tertiary/aromatic N) is 1. The van der Waals surface area contributed by atoms with E-state index in [4.69, 9.17) is 4.74 Å². The molecule has 0 amide bonds. The lowest BCUT2D eigenvalue weighted by molar-refractivity contribution is -0.140. The largest absolute Gasteiger partial charge is 0.469 e. The molecule has 2 heterocycles. The molecule has 0 fully saturated rings. The summed E-state index contributed by atoms with van der Waals surface area (Å²) >= 11 is 0. The minimum absolute atomic E-state index is 0.171. The van der Waals surface area contributed by atoms with E-state index in [2.05, 4.69) is 40.4 Å². The summed E-state index contributed by atoms with van der Waals surface area (Å²) in [7, 11) is 1.43. The second-order valence-corrected chi connectivity index (χ2v) is 5.26. The molecule has 21 heavy (non-hydrogen) atoms. The van der Waals surface area contributed by atoms with E-state index in [1.54, 1.807) is 0 Å². The molecule has 0 saturated carbocycles. The van der Waals surface area contributed by atoms with Crippen LogP contribution in [0.25, 0.3) is 16.5 Å². The summed E-state index contributed by atoms with van der Waals surface area (Å²) < 4.78 is 6.89. The van der Waals surface area contributed by atoms with Crippen LogP contribution >= 0.6 is 0 Å². The number of carbonyl (C=O) groups is 1. The van der Waals surface area contributed by atoms with E-state index in [1.165, 1.54) is 29.1 Å². The molecule has 0 bridgehead atoms. The van der Waals surface area contributed by atoms with Gasteiger partial charge in [-0.05, 0) is 24.6 Å². The third kappa shape index (κ3) is 2.85. The monoisotopic (exact) mass is 284 g/mol. The van der Waals surface area contributed by atoms with Crippen molar-refractivity contribution in [3.8, 4) is 0 Å². The van der Waals surface area contributed by atoms with Crippen LogP contribution in [0.2, 0.25) is 0 Å². The summed E-state index contributed by atoms with van der Waals surface area (Å²) in [6.45, 7) is 2.60. The normalized spacial score (nSPS) is 15.0. The van der Waals surface area contributed by atoms with E-state index >= 15 is 0 Å². The van der Waals surface area contributed by atoms with Crippen LogP contribution in [0.5, 0.6) is 0 Å². The number of nitrogens with one attached hydrogen (secondary N) is 1. The first-order chi connectivity index (χ1) is 10.3. The molecule has 0 radical (unpaired) electrons. The molecule has 1 N–H and O–H groups in total. The van der Waals surface area contributed by atoms with E-state index in [1.807, 2.05) is 6.07 Å². The molecule has 0 spiro atoms.